The summed E-state index contributed by atoms with van der Waals surface area (Å²) in [6, 6.07) is 6.56. The molecule has 17 heavy (non-hydrogen) atoms. The average Bonchev–Trinajstić information content (AvgIpc) is 2.82. The van der Waals surface area contributed by atoms with Gasteiger partial charge in [-0.15, -0.1) is 0 Å². The highest BCUT2D eigenvalue weighted by Crippen LogP contribution is 2.28. The van der Waals surface area contributed by atoms with Gasteiger partial charge in [0, 0.05) is 23.8 Å². The maximum atomic E-state index is 4.22. The van der Waals surface area contributed by atoms with Crippen molar-refractivity contribution in [1.82, 2.24) is 15.3 Å². The first kappa shape index (κ1) is 12.2. The van der Waals surface area contributed by atoms with E-state index in [2.05, 4.69) is 47.3 Å². The topological polar surface area (TPSA) is 40.7 Å². The number of aromatic nitrogens is 2. The highest BCUT2D eigenvalue weighted by atomic mass is 32.2. The molecule has 0 bridgehead atoms. The van der Waals surface area contributed by atoms with E-state index in [0.717, 1.165) is 18.2 Å². The summed E-state index contributed by atoms with van der Waals surface area (Å²) in [6.45, 7) is 6.19. The zero-order valence-corrected chi connectivity index (χ0v) is 11.0. The highest BCUT2D eigenvalue weighted by Gasteiger charge is 2.03. The standard InChI is InChI=1S/C13H17N3S/c1-3-14-9-11-4-5-12(10(2)8-11)17-13-15-6-7-16-13/h4-8,14H,3,9H2,1-2H3,(H,15,16). The Balaban J connectivity index is 2.09. The minimum Gasteiger partial charge on any atom is -0.339 e. The van der Waals surface area contributed by atoms with Crippen molar-refractivity contribution in [1.29, 1.82) is 0 Å². The van der Waals surface area contributed by atoms with E-state index in [0.29, 0.717) is 0 Å². The largest absolute Gasteiger partial charge is 0.339 e. The first-order chi connectivity index (χ1) is 8.29. The Hall–Kier alpha value is -1.26. The maximum absolute atomic E-state index is 4.22. The van der Waals surface area contributed by atoms with Gasteiger partial charge >= 0.3 is 0 Å². The van der Waals surface area contributed by atoms with Gasteiger partial charge in [0.05, 0.1) is 0 Å². The average molecular weight is 247 g/mol. The van der Waals surface area contributed by atoms with Gasteiger partial charge in [0.15, 0.2) is 5.16 Å². The van der Waals surface area contributed by atoms with Gasteiger partial charge in [0.2, 0.25) is 0 Å². The van der Waals surface area contributed by atoms with Gasteiger partial charge in [-0.1, -0.05) is 30.8 Å². The lowest BCUT2D eigenvalue weighted by atomic mass is 10.1. The SMILES string of the molecule is CCNCc1ccc(Sc2ncc[nH]2)c(C)c1. The Labute approximate surface area is 106 Å². The molecule has 0 amide bonds. The molecule has 0 spiro atoms. The van der Waals surface area contributed by atoms with Crippen LogP contribution < -0.4 is 5.32 Å². The molecule has 0 aliphatic carbocycles. The summed E-state index contributed by atoms with van der Waals surface area (Å²) in [6.07, 6.45) is 3.62. The summed E-state index contributed by atoms with van der Waals surface area (Å²) in [5.74, 6) is 0. The molecule has 0 aliphatic heterocycles. The molecule has 0 aliphatic rings. The van der Waals surface area contributed by atoms with Crippen LogP contribution >= 0.6 is 11.8 Å². The molecule has 4 heteroatoms. The number of hydrogen-bond acceptors (Lipinski definition) is 3. The predicted molar refractivity (Wildman–Crippen MR) is 71.3 cm³/mol. The second-order valence-corrected chi connectivity index (χ2v) is 4.91. The van der Waals surface area contributed by atoms with Crippen LogP contribution in [0.15, 0.2) is 40.6 Å². The fourth-order valence-electron chi connectivity index (χ4n) is 1.62. The summed E-state index contributed by atoms with van der Waals surface area (Å²) in [5.41, 5.74) is 2.62. The maximum Gasteiger partial charge on any atom is 0.170 e. The fraction of sp³-hybridized carbons (Fsp3) is 0.308. The fourth-order valence-corrected chi connectivity index (χ4v) is 2.42. The molecule has 0 saturated carbocycles. The second kappa shape index (κ2) is 5.89. The van der Waals surface area contributed by atoms with Crippen LogP contribution in [-0.4, -0.2) is 16.5 Å². The molecule has 0 atom stereocenters. The van der Waals surface area contributed by atoms with Crippen molar-refractivity contribution in [2.45, 2.75) is 30.4 Å². The molecular weight excluding hydrogens is 230 g/mol. The highest BCUT2D eigenvalue weighted by molar-refractivity contribution is 7.99. The zero-order valence-electron chi connectivity index (χ0n) is 10.2. The van der Waals surface area contributed by atoms with Crippen LogP contribution in [0.1, 0.15) is 18.1 Å². The first-order valence-electron chi connectivity index (χ1n) is 5.77. The monoisotopic (exact) mass is 247 g/mol. The van der Waals surface area contributed by atoms with Crippen LogP contribution in [0.4, 0.5) is 0 Å². The number of aromatic amines is 1. The van der Waals surface area contributed by atoms with E-state index in [1.165, 1.54) is 16.0 Å². The minimum absolute atomic E-state index is 0.934. The van der Waals surface area contributed by atoms with Gasteiger partial charge in [-0.3, -0.25) is 0 Å². The van der Waals surface area contributed by atoms with Gasteiger partial charge < -0.3 is 10.3 Å². The van der Waals surface area contributed by atoms with E-state index in [1.807, 2.05) is 6.20 Å². The van der Waals surface area contributed by atoms with Crippen molar-refractivity contribution in [3.63, 3.8) is 0 Å². The molecule has 1 aromatic carbocycles. The predicted octanol–water partition coefficient (Wildman–Crippen LogP) is 2.98. The smallest absolute Gasteiger partial charge is 0.170 e. The molecule has 1 aromatic heterocycles. The van der Waals surface area contributed by atoms with Crippen molar-refractivity contribution < 1.29 is 0 Å². The number of nitrogens with one attached hydrogen (secondary N) is 2. The molecule has 0 saturated heterocycles. The van der Waals surface area contributed by atoms with E-state index in [-0.39, 0.29) is 0 Å². The van der Waals surface area contributed by atoms with Crippen molar-refractivity contribution in [3.8, 4) is 0 Å². The summed E-state index contributed by atoms with van der Waals surface area (Å²) in [7, 11) is 0. The molecule has 0 radical (unpaired) electrons. The Morgan fingerprint density at radius 1 is 1.41 bits per heavy atom. The first-order valence-corrected chi connectivity index (χ1v) is 6.58. The molecule has 3 nitrogen and oxygen atoms in total. The Kier molecular flexibility index (Phi) is 4.23. The number of benzene rings is 1. The molecule has 2 aromatic rings. The number of nitrogens with zero attached hydrogens (tertiary/aromatic N) is 1. The summed E-state index contributed by atoms with van der Waals surface area (Å²) in [5, 5.41) is 4.27. The molecule has 0 unspecified atom stereocenters. The number of aryl methyl sites for hydroxylation is 1. The van der Waals surface area contributed by atoms with Crippen molar-refractivity contribution >= 4 is 11.8 Å². The number of imidazole rings is 1. The summed E-state index contributed by atoms with van der Waals surface area (Å²) < 4.78 is 0. The van der Waals surface area contributed by atoms with Gasteiger partial charge in [-0.05, 0) is 30.7 Å². The number of hydrogen-bond donors (Lipinski definition) is 2. The van der Waals surface area contributed by atoms with Gasteiger partial charge in [-0.2, -0.15) is 0 Å². The van der Waals surface area contributed by atoms with Crippen LogP contribution in [0.2, 0.25) is 0 Å². The van der Waals surface area contributed by atoms with Crippen LogP contribution in [0, 0.1) is 6.92 Å². The minimum atomic E-state index is 0.934. The quantitative estimate of drug-likeness (QED) is 0.853. The molecule has 2 N–H and O–H groups in total. The molecule has 0 fully saturated rings. The lowest BCUT2D eigenvalue weighted by Crippen LogP contribution is -2.11. The lowest BCUT2D eigenvalue weighted by molar-refractivity contribution is 0.726. The Morgan fingerprint density at radius 3 is 2.94 bits per heavy atom. The van der Waals surface area contributed by atoms with Gasteiger partial charge in [0.1, 0.15) is 0 Å². The van der Waals surface area contributed by atoms with E-state index < -0.39 is 0 Å². The normalized spacial score (nSPS) is 10.7. The number of rotatable bonds is 5. The van der Waals surface area contributed by atoms with E-state index >= 15 is 0 Å². The summed E-state index contributed by atoms with van der Waals surface area (Å²) >= 11 is 1.67. The summed E-state index contributed by atoms with van der Waals surface area (Å²) in [4.78, 5) is 8.57. The van der Waals surface area contributed by atoms with Crippen LogP contribution in [-0.2, 0) is 6.54 Å². The Bertz CT molecular complexity index is 466. The van der Waals surface area contributed by atoms with Crippen LogP contribution in [0.3, 0.4) is 0 Å². The van der Waals surface area contributed by atoms with Crippen molar-refractivity contribution in [2.24, 2.45) is 0 Å². The molecule has 90 valence electrons. The second-order valence-electron chi connectivity index (χ2n) is 3.88. The van der Waals surface area contributed by atoms with Crippen molar-refractivity contribution in [3.05, 3.63) is 41.7 Å². The van der Waals surface area contributed by atoms with E-state index in [9.17, 15) is 0 Å². The van der Waals surface area contributed by atoms with Gasteiger partial charge in [0.25, 0.3) is 0 Å². The molecule has 1 heterocycles. The third kappa shape index (κ3) is 3.35. The number of H-pyrrole nitrogens is 1. The third-order valence-electron chi connectivity index (χ3n) is 2.50. The van der Waals surface area contributed by atoms with E-state index in [4.69, 9.17) is 0 Å². The van der Waals surface area contributed by atoms with Crippen LogP contribution in [0.25, 0.3) is 0 Å². The van der Waals surface area contributed by atoms with Crippen LogP contribution in [0.5, 0.6) is 0 Å². The van der Waals surface area contributed by atoms with Crippen molar-refractivity contribution in [2.75, 3.05) is 6.54 Å². The zero-order chi connectivity index (χ0) is 12.1. The molecule has 2 rings (SSSR count). The molecular formula is C13H17N3S. The lowest BCUT2D eigenvalue weighted by Gasteiger charge is -2.07. The van der Waals surface area contributed by atoms with Gasteiger partial charge in [-0.25, -0.2) is 4.98 Å². The third-order valence-corrected chi connectivity index (χ3v) is 3.59. The Morgan fingerprint density at radius 2 is 2.29 bits per heavy atom. The van der Waals surface area contributed by atoms with E-state index in [1.54, 1.807) is 18.0 Å².